The number of hydrogen-bond donors (Lipinski definition) is 2. The maximum Gasteiger partial charge on any atom is 0.115 e. The molecule has 0 radical (unpaired) electrons. The molecular formula is C9H13NO. The maximum atomic E-state index is 8.90. The molecule has 0 bridgehead atoms. The maximum absolute atomic E-state index is 8.90. The Hall–Kier alpha value is -1.28. The van der Waals surface area contributed by atoms with Crippen LogP contribution in [0.1, 0.15) is 5.56 Å². The first-order chi connectivity index (χ1) is 4.83. The fraction of sp³-hybridized carbons (Fsp3) is 0.111. The van der Waals surface area contributed by atoms with Gasteiger partial charge >= 0.3 is 0 Å². The highest BCUT2D eigenvalue weighted by Crippen LogP contribution is 2.09. The van der Waals surface area contributed by atoms with Crippen LogP contribution in [-0.2, 0) is 6.42 Å². The van der Waals surface area contributed by atoms with Gasteiger partial charge in [-0.05, 0) is 24.1 Å². The summed E-state index contributed by atoms with van der Waals surface area (Å²) in [5.41, 5.74) is 1.17. The van der Waals surface area contributed by atoms with Crippen molar-refractivity contribution >= 4 is 0 Å². The lowest BCUT2D eigenvalue weighted by Gasteiger charge is -1.94. The molecule has 1 rings (SSSR count). The van der Waals surface area contributed by atoms with Crippen LogP contribution < -0.4 is 6.15 Å². The van der Waals surface area contributed by atoms with Crippen molar-refractivity contribution in [3.63, 3.8) is 0 Å². The lowest BCUT2D eigenvalue weighted by atomic mass is 10.1. The molecule has 0 spiro atoms. The second kappa shape index (κ2) is 4.52. The molecule has 0 heterocycles. The van der Waals surface area contributed by atoms with Gasteiger partial charge in [-0.1, -0.05) is 18.2 Å². The van der Waals surface area contributed by atoms with Crippen molar-refractivity contribution in [3.8, 4) is 5.75 Å². The van der Waals surface area contributed by atoms with Gasteiger partial charge in [-0.3, -0.25) is 0 Å². The Morgan fingerprint density at radius 3 is 2.27 bits per heavy atom. The summed E-state index contributed by atoms with van der Waals surface area (Å²) in [6.07, 6.45) is 2.70. The first kappa shape index (κ1) is 9.72. The Morgan fingerprint density at radius 1 is 1.27 bits per heavy atom. The number of phenolic OH excluding ortho intramolecular Hbond substituents is 1. The van der Waals surface area contributed by atoms with E-state index in [4.69, 9.17) is 5.11 Å². The highest BCUT2D eigenvalue weighted by atomic mass is 16.3. The van der Waals surface area contributed by atoms with Gasteiger partial charge in [0.15, 0.2) is 0 Å². The first-order valence-electron chi connectivity index (χ1n) is 3.22. The second-order valence-electron chi connectivity index (χ2n) is 2.16. The summed E-state index contributed by atoms with van der Waals surface area (Å²) >= 11 is 0. The van der Waals surface area contributed by atoms with Crippen LogP contribution in [0.15, 0.2) is 36.9 Å². The van der Waals surface area contributed by atoms with E-state index >= 15 is 0 Å². The Balaban J connectivity index is 0.000001000. The number of hydrogen-bond acceptors (Lipinski definition) is 2. The van der Waals surface area contributed by atoms with Gasteiger partial charge < -0.3 is 11.3 Å². The van der Waals surface area contributed by atoms with E-state index in [1.54, 1.807) is 12.1 Å². The van der Waals surface area contributed by atoms with E-state index < -0.39 is 0 Å². The third kappa shape index (κ3) is 2.87. The van der Waals surface area contributed by atoms with E-state index in [0.29, 0.717) is 5.75 Å². The zero-order valence-electron chi connectivity index (χ0n) is 6.46. The molecule has 1 aromatic rings. The Morgan fingerprint density at radius 2 is 1.82 bits per heavy atom. The molecule has 11 heavy (non-hydrogen) atoms. The summed E-state index contributed by atoms with van der Waals surface area (Å²) in [6.45, 7) is 3.62. The molecule has 60 valence electrons. The molecule has 0 atom stereocenters. The molecule has 4 N–H and O–H groups in total. The van der Waals surface area contributed by atoms with Crippen LogP contribution in [0.3, 0.4) is 0 Å². The van der Waals surface area contributed by atoms with Crippen LogP contribution >= 0.6 is 0 Å². The predicted molar refractivity (Wildman–Crippen MR) is 47.0 cm³/mol. The van der Waals surface area contributed by atoms with Crippen molar-refractivity contribution in [1.29, 1.82) is 0 Å². The molecule has 0 aliphatic carbocycles. The average Bonchev–Trinajstić information content (AvgIpc) is 1.95. The van der Waals surface area contributed by atoms with Crippen LogP contribution in [-0.4, -0.2) is 5.11 Å². The third-order valence-corrected chi connectivity index (χ3v) is 1.32. The highest BCUT2D eigenvalue weighted by molar-refractivity contribution is 5.26. The summed E-state index contributed by atoms with van der Waals surface area (Å²) in [5.74, 6) is 0.313. The summed E-state index contributed by atoms with van der Waals surface area (Å²) in [6, 6.07) is 7.13. The topological polar surface area (TPSA) is 55.2 Å². The second-order valence-corrected chi connectivity index (χ2v) is 2.16. The van der Waals surface area contributed by atoms with Gasteiger partial charge in [-0.15, -0.1) is 6.58 Å². The van der Waals surface area contributed by atoms with E-state index in [-0.39, 0.29) is 6.15 Å². The van der Waals surface area contributed by atoms with Gasteiger partial charge in [0.25, 0.3) is 0 Å². The smallest absolute Gasteiger partial charge is 0.115 e. The fourth-order valence-electron chi connectivity index (χ4n) is 0.799. The minimum Gasteiger partial charge on any atom is -0.508 e. The van der Waals surface area contributed by atoms with Crippen molar-refractivity contribution < 1.29 is 5.11 Å². The van der Waals surface area contributed by atoms with E-state index in [9.17, 15) is 0 Å². The molecule has 1 aromatic carbocycles. The Kier molecular flexibility index (Phi) is 4.00. The Labute approximate surface area is 66.8 Å². The lowest BCUT2D eigenvalue weighted by Crippen LogP contribution is -1.77. The van der Waals surface area contributed by atoms with Gasteiger partial charge in [-0.2, -0.15) is 0 Å². The van der Waals surface area contributed by atoms with E-state index in [1.165, 1.54) is 5.56 Å². The first-order valence-corrected chi connectivity index (χ1v) is 3.22. The van der Waals surface area contributed by atoms with Gasteiger partial charge in [0.2, 0.25) is 0 Å². The average molecular weight is 151 g/mol. The van der Waals surface area contributed by atoms with Crippen molar-refractivity contribution in [3.05, 3.63) is 42.5 Å². The van der Waals surface area contributed by atoms with E-state index in [0.717, 1.165) is 6.42 Å². The molecule has 0 amide bonds. The number of allylic oxidation sites excluding steroid dienone is 1. The molecule has 0 saturated carbocycles. The lowest BCUT2D eigenvalue weighted by molar-refractivity contribution is 0.475. The predicted octanol–water partition coefficient (Wildman–Crippen LogP) is 2.28. The largest absolute Gasteiger partial charge is 0.508 e. The number of phenols is 1. The van der Waals surface area contributed by atoms with Gasteiger partial charge in [0.05, 0.1) is 0 Å². The number of aromatic hydroxyl groups is 1. The molecule has 0 saturated heterocycles. The summed E-state index contributed by atoms with van der Waals surface area (Å²) in [5, 5.41) is 8.90. The van der Waals surface area contributed by atoms with Crippen molar-refractivity contribution in [2.24, 2.45) is 0 Å². The van der Waals surface area contributed by atoms with Gasteiger partial charge in [-0.25, -0.2) is 0 Å². The normalized spacial score (nSPS) is 8.36. The zero-order valence-corrected chi connectivity index (χ0v) is 6.46. The molecule has 0 fully saturated rings. The van der Waals surface area contributed by atoms with Crippen LogP contribution in [0.2, 0.25) is 0 Å². The summed E-state index contributed by atoms with van der Waals surface area (Å²) in [4.78, 5) is 0. The van der Waals surface area contributed by atoms with Crippen LogP contribution in [0.25, 0.3) is 0 Å². The minimum absolute atomic E-state index is 0. The number of rotatable bonds is 2. The standard InChI is InChI=1S/C9H10O.H3N/c1-2-3-8-4-6-9(10)7-5-8;/h2,4-7,10H,1,3H2;1H3. The van der Waals surface area contributed by atoms with Crippen LogP contribution in [0, 0.1) is 0 Å². The SMILES string of the molecule is C=CCc1ccc(O)cc1.N. The Bertz CT molecular complexity index is 216. The fourth-order valence-corrected chi connectivity index (χ4v) is 0.799. The molecule has 2 nitrogen and oxygen atoms in total. The molecule has 0 aliphatic rings. The quantitative estimate of drug-likeness (QED) is 0.637. The van der Waals surface area contributed by atoms with Crippen molar-refractivity contribution in [2.45, 2.75) is 6.42 Å². The molecule has 2 heteroatoms. The molecular weight excluding hydrogens is 138 g/mol. The zero-order chi connectivity index (χ0) is 7.40. The van der Waals surface area contributed by atoms with E-state index in [1.807, 2.05) is 18.2 Å². The summed E-state index contributed by atoms with van der Waals surface area (Å²) < 4.78 is 0. The van der Waals surface area contributed by atoms with Gasteiger partial charge in [0, 0.05) is 0 Å². The third-order valence-electron chi connectivity index (χ3n) is 1.32. The highest BCUT2D eigenvalue weighted by Gasteiger charge is 1.87. The van der Waals surface area contributed by atoms with Crippen molar-refractivity contribution in [2.75, 3.05) is 0 Å². The monoisotopic (exact) mass is 151 g/mol. The van der Waals surface area contributed by atoms with Gasteiger partial charge in [0.1, 0.15) is 5.75 Å². The summed E-state index contributed by atoms with van der Waals surface area (Å²) in [7, 11) is 0. The van der Waals surface area contributed by atoms with Crippen LogP contribution in [0.4, 0.5) is 0 Å². The molecule has 0 aliphatic heterocycles. The van der Waals surface area contributed by atoms with Crippen LogP contribution in [0.5, 0.6) is 5.75 Å². The van der Waals surface area contributed by atoms with E-state index in [2.05, 4.69) is 6.58 Å². The minimum atomic E-state index is 0. The number of benzene rings is 1. The molecule has 0 unspecified atom stereocenters. The molecule has 0 aromatic heterocycles. The van der Waals surface area contributed by atoms with Crippen molar-refractivity contribution in [1.82, 2.24) is 6.15 Å².